The van der Waals surface area contributed by atoms with Gasteiger partial charge in [0, 0.05) is 25.3 Å². The normalized spacial score (nSPS) is 16.3. The van der Waals surface area contributed by atoms with E-state index in [4.69, 9.17) is 9.72 Å². The molecule has 3 aromatic heterocycles. The topological polar surface area (TPSA) is 94.7 Å². The van der Waals surface area contributed by atoms with Gasteiger partial charge in [-0.25, -0.2) is 19.6 Å². The van der Waals surface area contributed by atoms with Gasteiger partial charge in [0.15, 0.2) is 5.82 Å². The summed E-state index contributed by atoms with van der Waals surface area (Å²) in [6.07, 6.45) is 5.39. The smallest absolute Gasteiger partial charge is 0.178 e. The Hall–Kier alpha value is -2.94. The molecule has 2 aliphatic heterocycles. The Labute approximate surface area is 156 Å². The molecule has 27 heavy (non-hydrogen) atoms. The maximum atomic E-state index is 5.89. The van der Waals surface area contributed by atoms with E-state index < -0.39 is 0 Å². The molecule has 5 heterocycles. The average molecular weight is 366 g/mol. The van der Waals surface area contributed by atoms with Crippen molar-refractivity contribution >= 4 is 5.82 Å². The van der Waals surface area contributed by atoms with Crippen LogP contribution in [0.3, 0.4) is 0 Å². The molecule has 9 heteroatoms. The number of fused-ring (bicyclic) bond motifs is 3. The lowest BCUT2D eigenvalue weighted by molar-refractivity contribution is 0.305. The quantitative estimate of drug-likeness (QED) is 0.723. The fourth-order valence-electron chi connectivity index (χ4n) is 3.39. The van der Waals surface area contributed by atoms with E-state index >= 15 is 0 Å². The molecule has 1 saturated heterocycles. The molecular formula is C18H22N8O. The molecule has 0 saturated carbocycles. The number of imidazole rings is 1. The first kappa shape index (κ1) is 16.2. The summed E-state index contributed by atoms with van der Waals surface area (Å²) in [5.74, 6) is 3.25. The molecule has 0 bridgehead atoms. The highest BCUT2D eigenvalue weighted by atomic mass is 16.5. The maximum Gasteiger partial charge on any atom is 0.178 e. The van der Waals surface area contributed by atoms with Crippen molar-refractivity contribution in [1.29, 1.82) is 0 Å². The van der Waals surface area contributed by atoms with Gasteiger partial charge in [0.05, 0.1) is 24.3 Å². The molecule has 0 aliphatic carbocycles. The van der Waals surface area contributed by atoms with Crippen LogP contribution < -0.4 is 15.4 Å². The molecule has 0 amide bonds. The van der Waals surface area contributed by atoms with Gasteiger partial charge >= 0.3 is 0 Å². The van der Waals surface area contributed by atoms with Crippen LogP contribution in [0.1, 0.15) is 19.9 Å². The Morgan fingerprint density at radius 3 is 2.93 bits per heavy atom. The number of nitrogens with zero attached hydrogens (tertiary/aromatic N) is 6. The third-order valence-corrected chi connectivity index (χ3v) is 4.90. The van der Waals surface area contributed by atoms with Crippen molar-refractivity contribution in [1.82, 2.24) is 34.6 Å². The van der Waals surface area contributed by atoms with Crippen LogP contribution in [0.25, 0.3) is 22.9 Å². The number of anilines is 1. The van der Waals surface area contributed by atoms with E-state index in [1.807, 2.05) is 16.9 Å². The van der Waals surface area contributed by atoms with E-state index in [1.165, 1.54) is 0 Å². The lowest BCUT2D eigenvalue weighted by atomic mass is 10.1. The second-order valence-corrected chi connectivity index (χ2v) is 7.18. The summed E-state index contributed by atoms with van der Waals surface area (Å²) in [7, 11) is 0. The maximum absolute atomic E-state index is 5.89. The van der Waals surface area contributed by atoms with Crippen molar-refractivity contribution in [3.63, 3.8) is 0 Å². The van der Waals surface area contributed by atoms with E-state index in [0.717, 1.165) is 54.1 Å². The summed E-state index contributed by atoms with van der Waals surface area (Å²) in [5, 5.41) is 11.0. The van der Waals surface area contributed by atoms with E-state index in [2.05, 4.69) is 44.1 Å². The molecule has 1 fully saturated rings. The van der Waals surface area contributed by atoms with Crippen LogP contribution in [-0.4, -0.2) is 55.0 Å². The molecule has 3 aromatic rings. The first-order chi connectivity index (χ1) is 13.2. The third kappa shape index (κ3) is 2.84. The third-order valence-electron chi connectivity index (χ3n) is 4.90. The molecule has 5 rings (SSSR count). The number of nitrogens with one attached hydrogen (secondary N) is 2. The van der Waals surface area contributed by atoms with Crippen molar-refractivity contribution in [3.05, 3.63) is 24.8 Å². The number of pyridine rings is 1. The molecule has 0 spiro atoms. The van der Waals surface area contributed by atoms with Gasteiger partial charge in [0.25, 0.3) is 0 Å². The summed E-state index contributed by atoms with van der Waals surface area (Å²) in [4.78, 5) is 13.8. The summed E-state index contributed by atoms with van der Waals surface area (Å²) in [6.45, 7) is 7.39. The number of hydrogen-bond acceptors (Lipinski definition) is 7. The van der Waals surface area contributed by atoms with Gasteiger partial charge in [0.1, 0.15) is 36.0 Å². The monoisotopic (exact) mass is 366 g/mol. The minimum Gasteiger partial charge on any atom is -0.489 e. The van der Waals surface area contributed by atoms with Crippen LogP contribution in [0.2, 0.25) is 0 Å². The highest BCUT2D eigenvalue weighted by Crippen LogP contribution is 2.34. The summed E-state index contributed by atoms with van der Waals surface area (Å²) >= 11 is 0. The Morgan fingerprint density at radius 1 is 1.26 bits per heavy atom. The highest BCUT2D eigenvalue weighted by Gasteiger charge is 2.23. The first-order valence-electron chi connectivity index (χ1n) is 9.26. The lowest BCUT2D eigenvalue weighted by Gasteiger charge is -2.28. The van der Waals surface area contributed by atoms with Crippen molar-refractivity contribution in [3.8, 4) is 28.7 Å². The molecule has 2 aliphatic rings. The zero-order chi connectivity index (χ0) is 18.4. The minimum absolute atomic E-state index is 0.218. The standard InChI is InChI=1S/C18H22N8O/c1-11(2)26-18(21-10-22-26)14-9-25-3-4-27-15-8-20-16(23-12-6-19-7-12)5-13(15)17(25)24-14/h5,8-12,19H,3-4,6-7H2,1-2H3,(H,20,23). The second-order valence-electron chi connectivity index (χ2n) is 7.18. The van der Waals surface area contributed by atoms with Crippen LogP contribution in [0.15, 0.2) is 24.8 Å². The Balaban J connectivity index is 1.56. The van der Waals surface area contributed by atoms with Gasteiger partial charge < -0.3 is 19.9 Å². The predicted molar refractivity (Wildman–Crippen MR) is 101 cm³/mol. The lowest BCUT2D eigenvalue weighted by Crippen LogP contribution is -2.51. The molecule has 0 unspecified atom stereocenters. The summed E-state index contributed by atoms with van der Waals surface area (Å²) < 4.78 is 9.90. The first-order valence-corrected chi connectivity index (χ1v) is 9.26. The second kappa shape index (κ2) is 6.34. The molecule has 0 radical (unpaired) electrons. The summed E-state index contributed by atoms with van der Waals surface area (Å²) in [5.41, 5.74) is 1.76. The zero-order valence-corrected chi connectivity index (χ0v) is 15.4. The zero-order valence-electron chi connectivity index (χ0n) is 15.4. The van der Waals surface area contributed by atoms with Gasteiger partial charge in [-0.1, -0.05) is 0 Å². The van der Waals surface area contributed by atoms with Crippen LogP contribution in [-0.2, 0) is 6.54 Å². The molecule has 2 N–H and O–H groups in total. The van der Waals surface area contributed by atoms with Gasteiger partial charge in [0.2, 0.25) is 0 Å². The van der Waals surface area contributed by atoms with E-state index in [0.29, 0.717) is 12.6 Å². The fourth-order valence-corrected chi connectivity index (χ4v) is 3.39. The highest BCUT2D eigenvalue weighted by molar-refractivity contribution is 5.70. The average Bonchev–Trinajstić information content (AvgIpc) is 3.23. The van der Waals surface area contributed by atoms with Crippen LogP contribution in [0.5, 0.6) is 5.75 Å². The Morgan fingerprint density at radius 2 is 2.15 bits per heavy atom. The van der Waals surface area contributed by atoms with E-state index in [-0.39, 0.29) is 6.04 Å². The van der Waals surface area contributed by atoms with Gasteiger partial charge in [-0.05, 0) is 19.9 Å². The van der Waals surface area contributed by atoms with Crippen LogP contribution in [0.4, 0.5) is 5.82 Å². The largest absolute Gasteiger partial charge is 0.489 e. The number of hydrogen-bond donors (Lipinski definition) is 2. The van der Waals surface area contributed by atoms with Crippen molar-refractivity contribution in [2.75, 3.05) is 25.0 Å². The van der Waals surface area contributed by atoms with Gasteiger partial charge in [-0.2, -0.15) is 5.10 Å². The minimum atomic E-state index is 0.218. The van der Waals surface area contributed by atoms with Gasteiger partial charge in [-0.15, -0.1) is 0 Å². The number of aromatic nitrogens is 6. The van der Waals surface area contributed by atoms with Crippen LogP contribution in [0, 0.1) is 0 Å². The Bertz CT molecular complexity index is 972. The summed E-state index contributed by atoms with van der Waals surface area (Å²) in [6, 6.07) is 2.66. The van der Waals surface area contributed by atoms with Crippen molar-refractivity contribution in [2.45, 2.75) is 32.5 Å². The van der Waals surface area contributed by atoms with Crippen molar-refractivity contribution in [2.24, 2.45) is 0 Å². The number of rotatable bonds is 4. The van der Waals surface area contributed by atoms with Crippen molar-refractivity contribution < 1.29 is 4.74 Å². The van der Waals surface area contributed by atoms with E-state index in [1.54, 1.807) is 12.5 Å². The fraction of sp³-hybridized carbons (Fsp3) is 0.444. The molecule has 0 aromatic carbocycles. The Kier molecular flexibility index (Phi) is 3.82. The molecule has 140 valence electrons. The van der Waals surface area contributed by atoms with Gasteiger partial charge in [-0.3, -0.25) is 0 Å². The predicted octanol–water partition coefficient (Wildman–Crippen LogP) is 1.56. The SMILES string of the molecule is CC(C)n1ncnc1-c1cn2c(n1)-c1cc(NC3CNC3)ncc1OCC2. The van der Waals surface area contributed by atoms with E-state index in [9.17, 15) is 0 Å². The van der Waals surface area contributed by atoms with Crippen LogP contribution >= 0.6 is 0 Å². The molecular weight excluding hydrogens is 344 g/mol. The molecule has 9 nitrogen and oxygen atoms in total. The molecule has 0 atom stereocenters. The number of ether oxygens (including phenoxy) is 1.